The third kappa shape index (κ3) is 3.91. The molecule has 0 saturated carbocycles. The standard InChI is InChI=1S/C18H14ClNO6S2/c1-26-15-5-3-2-4-11(15)13-9-16(27-17(13)19)28(24,25)20-10-6-7-12(18(22)23)14(21)8-10/h2-9,20-21H,1H3,(H,22,23). The Bertz CT molecular complexity index is 1160. The van der Waals surface area contributed by atoms with Crippen molar-refractivity contribution < 1.29 is 28.2 Å². The summed E-state index contributed by atoms with van der Waals surface area (Å²) >= 11 is 7.13. The van der Waals surface area contributed by atoms with Gasteiger partial charge in [0, 0.05) is 17.2 Å². The molecule has 3 rings (SSSR count). The van der Waals surface area contributed by atoms with Gasteiger partial charge in [-0.3, -0.25) is 4.72 Å². The van der Waals surface area contributed by atoms with Gasteiger partial charge in [-0.25, -0.2) is 13.2 Å². The average molecular weight is 440 g/mol. The van der Waals surface area contributed by atoms with E-state index in [4.69, 9.17) is 21.4 Å². The molecule has 0 radical (unpaired) electrons. The second-order valence-electron chi connectivity index (χ2n) is 5.60. The van der Waals surface area contributed by atoms with Crippen molar-refractivity contribution in [2.24, 2.45) is 0 Å². The van der Waals surface area contributed by atoms with Gasteiger partial charge in [0.25, 0.3) is 10.0 Å². The van der Waals surface area contributed by atoms with Crippen molar-refractivity contribution in [1.82, 2.24) is 0 Å². The van der Waals surface area contributed by atoms with Gasteiger partial charge in [-0.1, -0.05) is 29.8 Å². The van der Waals surface area contributed by atoms with Crippen molar-refractivity contribution in [3.05, 3.63) is 58.4 Å². The Kier molecular flexibility index (Phi) is 5.50. The fraction of sp³-hybridized carbons (Fsp3) is 0.0556. The molecular formula is C18H14ClNO6S2. The van der Waals surface area contributed by atoms with Crippen LogP contribution < -0.4 is 9.46 Å². The number of aromatic carboxylic acids is 1. The van der Waals surface area contributed by atoms with E-state index >= 15 is 0 Å². The Hall–Kier alpha value is -2.75. The summed E-state index contributed by atoms with van der Waals surface area (Å²) in [5.74, 6) is -1.32. The van der Waals surface area contributed by atoms with Crippen LogP contribution in [0.5, 0.6) is 11.5 Å². The minimum atomic E-state index is -4.01. The second-order valence-corrected chi connectivity index (χ2v) is 9.16. The number of ether oxygens (including phenoxy) is 1. The Labute approximate surface area is 169 Å². The molecule has 3 N–H and O–H groups in total. The maximum Gasteiger partial charge on any atom is 0.339 e. The smallest absolute Gasteiger partial charge is 0.339 e. The van der Waals surface area contributed by atoms with Crippen LogP contribution in [0.4, 0.5) is 5.69 Å². The monoisotopic (exact) mass is 439 g/mol. The number of aromatic hydroxyl groups is 1. The lowest BCUT2D eigenvalue weighted by Crippen LogP contribution is -2.11. The van der Waals surface area contributed by atoms with Crippen LogP contribution in [0.1, 0.15) is 10.4 Å². The summed E-state index contributed by atoms with van der Waals surface area (Å²) in [7, 11) is -2.50. The number of thiophene rings is 1. The summed E-state index contributed by atoms with van der Waals surface area (Å²) in [5.41, 5.74) is 0.844. The molecule has 0 atom stereocenters. The number of carbonyl (C=O) groups is 1. The molecule has 10 heteroatoms. The number of hydrogen-bond acceptors (Lipinski definition) is 6. The van der Waals surface area contributed by atoms with Crippen LogP contribution in [0.25, 0.3) is 11.1 Å². The summed E-state index contributed by atoms with van der Waals surface area (Å²) < 4.78 is 33.2. The molecule has 0 aliphatic rings. The van der Waals surface area contributed by atoms with Gasteiger partial charge in [0.2, 0.25) is 0 Å². The van der Waals surface area contributed by atoms with Gasteiger partial charge in [0.15, 0.2) is 0 Å². The van der Waals surface area contributed by atoms with E-state index in [0.717, 1.165) is 23.5 Å². The van der Waals surface area contributed by atoms with Crippen LogP contribution >= 0.6 is 22.9 Å². The molecule has 0 spiro atoms. The number of para-hydroxylation sites is 1. The molecule has 0 saturated heterocycles. The number of carboxylic acid groups (broad SMARTS) is 1. The lowest BCUT2D eigenvalue weighted by molar-refractivity contribution is 0.0694. The van der Waals surface area contributed by atoms with Crippen LogP contribution in [0.15, 0.2) is 52.7 Å². The zero-order valence-corrected chi connectivity index (χ0v) is 16.7. The first-order chi connectivity index (χ1) is 13.2. The van der Waals surface area contributed by atoms with E-state index in [1.807, 2.05) is 0 Å². The number of anilines is 1. The number of carboxylic acids is 1. The predicted molar refractivity (Wildman–Crippen MR) is 107 cm³/mol. The Morgan fingerprint density at radius 1 is 1.14 bits per heavy atom. The number of nitrogens with one attached hydrogen (secondary N) is 1. The van der Waals surface area contributed by atoms with Gasteiger partial charge < -0.3 is 14.9 Å². The van der Waals surface area contributed by atoms with E-state index in [0.29, 0.717) is 16.9 Å². The maximum absolute atomic E-state index is 12.7. The molecular weight excluding hydrogens is 426 g/mol. The van der Waals surface area contributed by atoms with Gasteiger partial charge in [-0.05, 0) is 24.3 Å². The van der Waals surface area contributed by atoms with Crippen LogP contribution in [0.2, 0.25) is 4.34 Å². The highest BCUT2D eigenvalue weighted by Crippen LogP contribution is 2.41. The molecule has 2 aromatic carbocycles. The lowest BCUT2D eigenvalue weighted by atomic mass is 10.1. The van der Waals surface area contributed by atoms with Crippen molar-refractivity contribution in [3.8, 4) is 22.6 Å². The minimum absolute atomic E-state index is 0.0193. The summed E-state index contributed by atoms with van der Waals surface area (Å²) in [4.78, 5) is 10.9. The number of rotatable bonds is 6. The molecule has 0 bridgehead atoms. The third-order valence-electron chi connectivity index (χ3n) is 3.81. The van der Waals surface area contributed by atoms with Crippen molar-refractivity contribution in [3.63, 3.8) is 0 Å². The number of benzene rings is 2. The second kappa shape index (κ2) is 7.70. The largest absolute Gasteiger partial charge is 0.507 e. The number of halogens is 1. The number of sulfonamides is 1. The fourth-order valence-corrected chi connectivity index (χ4v) is 5.31. The highest BCUT2D eigenvalue weighted by Gasteiger charge is 2.22. The molecule has 3 aromatic rings. The fourth-order valence-electron chi connectivity index (χ4n) is 2.51. The molecule has 7 nitrogen and oxygen atoms in total. The summed E-state index contributed by atoms with van der Waals surface area (Å²) in [6, 6.07) is 11.9. The molecule has 28 heavy (non-hydrogen) atoms. The van der Waals surface area contributed by atoms with E-state index in [2.05, 4.69) is 4.72 Å². The Balaban J connectivity index is 1.95. The normalized spacial score (nSPS) is 11.2. The van der Waals surface area contributed by atoms with E-state index < -0.39 is 21.7 Å². The third-order valence-corrected chi connectivity index (χ3v) is 7.02. The van der Waals surface area contributed by atoms with Crippen LogP contribution in [0.3, 0.4) is 0 Å². The van der Waals surface area contributed by atoms with Gasteiger partial charge in [-0.2, -0.15) is 0 Å². The first kappa shape index (κ1) is 20.0. The van der Waals surface area contributed by atoms with Crippen molar-refractivity contribution in [2.45, 2.75) is 4.21 Å². The zero-order valence-electron chi connectivity index (χ0n) is 14.3. The molecule has 146 valence electrons. The van der Waals surface area contributed by atoms with E-state index in [-0.39, 0.29) is 19.8 Å². The van der Waals surface area contributed by atoms with E-state index in [9.17, 15) is 18.3 Å². The SMILES string of the molecule is COc1ccccc1-c1cc(S(=O)(=O)Nc2ccc(C(=O)O)c(O)c2)sc1Cl. The minimum Gasteiger partial charge on any atom is -0.507 e. The summed E-state index contributed by atoms with van der Waals surface area (Å²) in [6.45, 7) is 0. The number of phenols is 1. The van der Waals surface area contributed by atoms with E-state index in [1.54, 1.807) is 24.3 Å². The highest BCUT2D eigenvalue weighted by molar-refractivity contribution is 7.94. The van der Waals surface area contributed by atoms with Gasteiger partial charge >= 0.3 is 5.97 Å². The van der Waals surface area contributed by atoms with Gasteiger partial charge in [-0.15, -0.1) is 11.3 Å². The Morgan fingerprint density at radius 3 is 2.50 bits per heavy atom. The summed E-state index contributed by atoms with van der Waals surface area (Å²) in [5, 5.41) is 18.7. The van der Waals surface area contributed by atoms with Gasteiger partial charge in [0.05, 0.1) is 12.8 Å². The quantitative estimate of drug-likeness (QED) is 0.528. The van der Waals surface area contributed by atoms with Crippen molar-refractivity contribution >= 4 is 44.6 Å². The van der Waals surface area contributed by atoms with Crippen LogP contribution in [-0.4, -0.2) is 31.7 Å². The van der Waals surface area contributed by atoms with Crippen LogP contribution in [0, 0.1) is 0 Å². The number of hydrogen-bond donors (Lipinski definition) is 3. The lowest BCUT2D eigenvalue weighted by Gasteiger charge is -2.08. The topological polar surface area (TPSA) is 113 Å². The average Bonchev–Trinajstić information content (AvgIpc) is 3.03. The molecule has 0 aliphatic heterocycles. The molecule has 0 amide bonds. The molecule has 0 unspecified atom stereocenters. The first-order valence-corrected chi connectivity index (χ1v) is 10.4. The molecule has 0 fully saturated rings. The molecule has 1 heterocycles. The predicted octanol–water partition coefficient (Wildman–Crippen LogP) is 4.28. The van der Waals surface area contributed by atoms with E-state index in [1.165, 1.54) is 19.2 Å². The Morgan fingerprint density at radius 2 is 1.86 bits per heavy atom. The molecule has 0 aliphatic carbocycles. The van der Waals surface area contributed by atoms with Crippen LogP contribution in [-0.2, 0) is 10.0 Å². The zero-order chi connectivity index (χ0) is 20.5. The van der Waals surface area contributed by atoms with Crippen molar-refractivity contribution in [1.29, 1.82) is 0 Å². The number of methoxy groups -OCH3 is 1. The van der Waals surface area contributed by atoms with Crippen molar-refractivity contribution in [2.75, 3.05) is 11.8 Å². The first-order valence-electron chi connectivity index (χ1n) is 7.75. The highest BCUT2D eigenvalue weighted by atomic mass is 35.5. The summed E-state index contributed by atoms with van der Waals surface area (Å²) in [6.07, 6.45) is 0. The van der Waals surface area contributed by atoms with Gasteiger partial charge in [0.1, 0.15) is 25.6 Å². The molecule has 1 aromatic heterocycles. The maximum atomic E-state index is 12.7.